The van der Waals surface area contributed by atoms with E-state index in [0.717, 1.165) is 11.6 Å². The summed E-state index contributed by atoms with van der Waals surface area (Å²) in [5, 5.41) is 4.39. The molecule has 4 rings (SSSR count). The largest absolute Gasteiger partial charge is 0.335 e. The van der Waals surface area contributed by atoms with Gasteiger partial charge in [0, 0.05) is 45.0 Å². The van der Waals surface area contributed by atoms with Crippen molar-refractivity contribution in [3.8, 4) is 0 Å². The molecule has 0 atom stereocenters. The zero-order valence-corrected chi connectivity index (χ0v) is 16.7. The van der Waals surface area contributed by atoms with Crippen LogP contribution in [-0.2, 0) is 6.42 Å². The third kappa shape index (κ3) is 3.79. The number of nitrogens with zero attached hydrogens (tertiary/aromatic N) is 4. The first-order chi connectivity index (χ1) is 13.5. The van der Waals surface area contributed by atoms with Crippen LogP contribution in [0.5, 0.6) is 0 Å². The van der Waals surface area contributed by atoms with E-state index in [1.165, 1.54) is 12.1 Å². The second-order valence-corrected chi connectivity index (χ2v) is 7.61. The Labute approximate surface area is 169 Å². The van der Waals surface area contributed by atoms with Crippen LogP contribution in [0.25, 0.3) is 5.52 Å². The molecule has 3 heterocycles. The minimum Gasteiger partial charge on any atom is -0.335 e. The number of carbonyl (C=O) groups is 1. The average Bonchev–Trinajstić information content (AvgIpc) is 3.04. The van der Waals surface area contributed by atoms with E-state index in [2.05, 4.69) is 25.9 Å². The number of fused-ring (bicyclic) bond motifs is 1. The predicted molar refractivity (Wildman–Crippen MR) is 105 cm³/mol. The van der Waals surface area contributed by atoms with Crippen molar-refractivity contribution in [2.75, 3.05) is 32.7 Å². The smallest absolute Gasteiger partial charge is 0.275 e. The fourth-order valence-electron chi connectivity index (χ4n) is 3.43. The number of aromatic nitrogens is 2. The maximum Gasteiger partial charge on any atom is 0.275 e. The van der Waals surface area contributed by atoms with Gasteiger partial charge in [-0.3, -0.25) is 9.69 Å². The molecule has 2 aromatic heterocycles. The second-order valence-electron chi connectivity index (χ2n) is 6.81. The molecule has 1 fully saturated rings. The number of hydrogen-bond donors (Lipinski definition) is 0. The van der Waals surface area contributed by atoms with Crippen LogP contribution in [0.1, 0.15) is 16.1 Å². The van der Waals surface area contributed by atoms with Crippen LogP contribution < -0.4 is 0 Å². The zero-order chi connectivity index (χ0) is 19.7. The van der Waals surface area contributed by atoms with Gasteiger partial charge in [0.25, 0.3) is 5.91 Å². The lowest BCUT2D eigenvalue weighted by Crippen LogP contribution is -2.49. The summed E-state index contributed by atoms with van der Waals surface area (Å²) in [5.41, 5.74) is 1.77. The minimum absolute atomic E-state index is 0.0974. The topological polar surface area (TPSA) is 40.9 Å². The molecule has 0 saturated carbocycles. The molecule has 8 heteroatoms. The molecule has 0 radical (unpaired) electrons. The molecule has 0 N–H and O–H groups in total. The third-order valence-corrected chi connectivity index (χ3v) is 5.84. The number of rotatable bonds is 4. The summed E-state index contributed by atoms with van der Waals surface area (Å²) in [6.45, 7) is 3.26. The molecular weight excluding hydrogens is 430 g/mol. The highest BCUT2D eigenvalue weighted by Crippen LogP contribution is 2.24. The maximum atomic E-state index is 13.8. The molecule has 1 saturated heterocycles. The molecule has 0 bridgehead atoms. The molecule has 0 spiro atoms. The van der Waals surface area contributed by atoms with Crippen molar-refractivity contribution in [3.63, 3.8) is 0 Å². The van der Waals surface area contributed by atoms with Gasteiger partial charge >= 0.3 is 0 Å². The standard InChI is InChI=1S/C20H19BrF2N4O/c21-18-17-3-1-2-7-27(17)24-19(18)20(28)26-11-9-25(10-12-26)8-6-14-4-5-15(22)13-16(14)23/h1-5,7,13H,6,8-12H2. The first-order valence-electron chi connectivity index (χ1n) is 9.11. The van der Waals surface area contributed by atoms with Crippen LogP contribution in [0.15, 0.2) is 47.1 Å². The Kier molecular flexibility index (Phi) is 5.41. The summed E-state index contributed by atoms with van der Waals surface area (Å²) in [6, 6.07) is 9.36. The molecule has 5 nitrogen and oxygen atoms in total. The molecule has 146 valence electrons. The van der Waals surface area contributed by atoms with E-state index in [9.17, 15) is 13.6 Å². The first kappa shape index (κ1) is 19.0. The van der Waals surface area contributed by atoms with Crippen molar-refractivity contribution in [1.82, 2.24) is 19.4 Å². The molecule has 1 aromatic carbocycles. The second kappa shape index (κ2) is 7.97. The number of halogens is 3. The Bertz CT molecular complexity index is 1010. The lowest BCUT2D eigenvalue weighted by molar-refractivity contribution is 0.0631. The van der Waals surface area contributed by atoms with Gasteiger partial charge in [-0.05, 0) is 46.1 Å². The van der Waals surface area contributed by atoms with Crippen molar-refractivity contribution in [3.05, 3.63) is 70.0 Å². The van der Waals surface area contributed by atoms with Gasteiger partial charge in [0.15, 0.2) is 5.69 Å². The van der Waals surface area contributed by atoms with Gasteiger partial charge in [0.05, 0.1) is 9.99 Å². The highest BCUT2D eigenvalue weighted by Gasteiger charge is 2.26. The van der Waals surface area contributed by atoms with Crippen LogP contribution in [0.3, 0.4) is 0 Å². The summed E-state index contributed by atoms with van der Waals surface area (Å²) in [6.07, 6.45) is 2.32. The number of carbonyl (C=O) groups excluding carboxylic acids is 1. The molecule has 1 aliphatic heterocycles. The number of benzene rings is 1. The number of pyridine rings is 1. The molecular formula is C20H19BrF2N4O. The van der Waals surface area contributed by atoms with Gasteiger partial charge in [0.2, 0.25) is 0 Å². The number of amides is 1. The van der Waals surface area contributed by atoms with Crippen LogP contribution >= 0.6 is 15.9 Å². The van der Waals surface area contributed by atoms with E-state index < -0.39 is 11.6 Å². The Morgan fingerprint density at radius 1 is 1.11 bits per heavy atom. The van der Waals surface area contributed by atoms with Crippen LogP contribution in [0.4, 0.5) is 8.78 Å². The fourth-order valence-corrected chi connectivity index (χ4v) is 4.00. The van der Waals surface area contributed by atoms with Crippen molar-refractivity contribution in [2.45, 2.75) is 6.42 Å². The normalized spacial score (nSPS) is 15.3. The van der Waals surface area contributed by atoms with Gasteiger partial charge in [0.1, 0.15) is 11.6 Å². The van der Waals surface area contributed by atoms with Crippen LogP contribution in [0.2, 0.25) is 0 Å². The van der Waals surface area contributed by atoms with Gasteiger partial charge in [-0.15, -0.1) is 0 Å². The van der Waals surface area contributed by atoms with Gasteiger partial charge in [-0.1, -0.05) is 12.1 Å². The Balaban J connectivity index is 1.35. The van der Waals surface area contributed by atoms with Crippen molar-refractivity contribution in [2.24, 2.45) is 0 Å². The SMILES string of the molecule is O=C(c1nn2ccccc2c1Br)N1CCN(CCc2ccc(F)cc2F)CC1. The monoisotopic (exact) mass is 448 g/mol. The Hall–Kier alpha value is -2.32. The Morgan fingerprint density at radius 3 is 2.61 bits per heavy atom. The van der Waals surface area contributed by atoms with E-state index in [-0.39, 0.29) is 5.91 Å². The van der Waals surface area contributed by atoms with E-state index in [1.807, 2.05) is 24.4 Å². The molecule has 1 amide bonds. The highest BCUT2D eigenvalue weighted by atomic mass is 79.9. The molecule has 1 aliphatic rings. The van der Waals surface area contributed by atoms with Gasteiger partial charge < -0.3 is 4.90 Å². The summed E-state index contributed by atoms with van der Waals surface area (Å²) in [7, 11) is 0. The average molecular weight is 449 g/mol. The van der Waals surface area contributed by atoms with Crippen molar-refractivity contribution in [1.29, 1.82) is 0 Å². The minimum atomic E-state index is -0.563. The molecule has 28 heavy (non-hydrogen) atoms. The summed E-state index contributed by atoms with van der Waals surface area (Å²) in [4.78, 5) is 16.8. The van der Waals surface area contributed by atoms with Crippen LogP contribution in [0, 0.1) is 11.6 Å². The first-order valence-corrected chi connectivity index (χ1v) is 9.90. The maximum absolute atomic E-state index is 13.8. The van der Waals surface area contributed by atoms with Crippen molar-refractivity contribution < 1.29 is 13.6 Å². The highest BCUT2D eigenvalue weighted by molar-refractivity contribution is 9.10. The predicted octanol–water partition coefficient (Wildman–Crippen LogP) is 3.38. The lowest BCUT2D eigenvalue weighted by atomic mass is 10.1. The number of piperazine rings is 1. The summed E-state index contributed by atoms with van der Waals surface area (Å²) in [5.74, 6) is -1.17. The number of hydrogen-bond acceptors (Lipinski definition) is 3. The quantitative estimate of drug-likeness (QED) is 0.614. The van der Waals surface area contributed by atoms with E-state index >= 15 is 0 Å². The molecule has 3 aromatic rings. The zero-order valence-electron chi connectivity index (χ0n) is 15.1. The van der Waals surface area contributed by atoms with E-state index in [1.54, 1.807) is 9.42 Å². The van der Waals surface area contributed by atoms with Gasteiger partial charge in [-0.25, -0.2) is 13.3 Å². The molecule has 0 aliphatic carbocycles. The lowest BCUT2D eigenvalue weighted by Gasteiger charge is -2.34. The van der Waals surface area contributed by atoms with E-state index in [0.29, 0.717) is 54.9 Å². The van der Waals surface area contributed by atoms with Crippen molar-refractivity contribution >= 4 is 27.4 Å². The molecule has 0 unspecified atom stereocenters. The van der Waals surface area contributed by atoms with Gasteiger partial charge in [-0.2, -0.15) is 5.10 Å². The van der Waals surface area contributed by atoms with E-state index in [4.69, 9.17) is 0 Å². The Morgan fingerprint density at radius 2 is 1.89 bits per heavy atom. The summed E-state index contributed by atoms with van der Waals surface area (Å²) < 4.78 is 29.1. The fraction of sp³-hybridized carbons (Fsp3) is 0.300. The van der Waals surface area contributed by atoms with Crippen LogP contribution in [-0.4, -0.2) is 58.0 Å². The summed E-state index contributed by atoms with van der Waals surface area (Å²) >= 11 is 3.49. The third-order valence-electron chi connectivity index (χ3n) is 5.05.